The summed E-state index contributed by atoms with van der Waals surface area (Å²) in [6, 6.07) is 3.69. The first-order valence-electron chi connectivity index (χ1n) is 7.67. The third-order valence-corrected chi connectivity index (χ3v) is 4.15. The van der Waals surface area contributed by atoms with Gasteiger partial charge in [-0.05, 0) is 67.0 Å². The summed E-state index contributed by atoms with van der Waals surface area (Å²) >= 11 is 2.15. The number of hydrogen-bond acceptors (Lipinski definition) is 5. The van der Waals surface area contributed by atoms with E-state index in [0.717, 1.165) is 35.1 Å². The van der Waals surface area contributed by atoms with E-state index in [0.29, 0.717) is 11.3 Å². The number of hydrogen-bond donors (Lipinski definition) is 0. The fourth-order valence-electron chi connectivity index (χ4n) is 2.42. The van der Waals surface area contributed by atoms with Crippen molar-refractivity contribution in [2.75, 3.05) is 19.7 Å². The summed E-state index contributed by atoms with van der Waals surface area (Å²) in [5, 5.41) is 10.4. The van der Waals surface area contributed by atoms with Gasteiger partial charge in [0.15, 0.2) is 5.78 Å². The van der Waals surface area contributed by atoms with Crippen LogP contribution in [0.4, 0.5) is 5.69 Å². The molecule has 1 aliphatic rings. The molecule has 1 saturated heterocycles. The predicted molar refractivity (Wildman–Crippen MR) is 94.8 cm³/mol. The molecule has 7 heteroatoms. The second-order valence-corrected chi connectivity index (χ2v) is 6.62. The van der Waals surface area contributed by atoms with E-state index in [-0.39, 0.29) is 18.8 Å². The largest absolute Gasteiger partial charge is 0.466 e. The van der Waals surface area contributed by atoms with Gasteiger partial charge in [-0.25, -0.2) is 0 Å². The highest BCUT2D eigenvalue weighted by molar-refractivity contribution is 14.1. The second kappa shape index (κ2) is 8.37. The zero-order valence-electron chi connectivity index (χ0n) is 13.3. The molecule has 1 aromatic rings. The molecular weight excluding hydrogens is 409 g/mol. The van der Waals surface area contributed by atoms with Crippen LogP contribution in [0.15, 0.2) is 22.5 Å². The summed E-state index contributed by atoms with van der Waals surface area (Å²) in [7, 11) is 0. The number of rotatable bonds is 6. The van der Waals surface area contributed by atoms with Crippen molar-refractivity contribution in [1.82, 2.24) is 5.01 Å². The molecule has 0 N–H and O–H groups in total. The zero-order valence-corrected chi connectivity index (χ0v) is 15.5. The van der Waals surface area contributed by atoms with E-state index in [9.17, 15) is 9.59 Å². The standard InChI is InChI=1S/C16H20IN3O3/c1-3-23-15(22)10-14(21)13-9-12(17)8-11(2)16(13)18-19-20-6-4-5-7-20/h8-9H,3-7,10H2,1-2H3/b19-18+. The number of carbonyl (C=O) groups is 2. The number of Topliss-reactive ketones (excluding diaryl/α,β-unsaturated/α-hetero) is 1. The van der Waals surface area contributed by atoms with Gasteiger partial charge in [0.1, 0.15) is 12.1 Å². The van der Waals surface area contributed by atoms with Gasteiger partial charge in [-0.15, -0.1) is 5.11 Å². The van der Waals surface area contributed by atoms with Crippen LogP contribution in [0.1, 0.15) is 42.1 Å². The van der Waals surface area contributed by atoms with Gasteiger partial charge in [0.2, 0.25) is 0 Å². The normalized spacial score (nSPS) is 14.5. The molecule has 0 atom stereocenters. The Morgan fingerprint density at radius 3 is 2.65 bits per heavy atom. The Kier molecular flexibility index (Phi) is 6.49. The molecule has 1 aliphatic heterocycles. The molecule has 0 spiro atoms. The van der Waals surface area contributed by atoms with Crippen molar-refractivity contribution in [2.45, 2.75) is 33.1 Å². The highest BCUT2D eigenvalue weighted by Gasteiger charge is 2.19. The fraction of sp³-hybridized carbons (Fsp3) is 0.500. The molecular formula is C16H20IN3O3. The third-order valence-electron chi connectivity index (χ3n) is 3.53. The van der Waals surface area contributed by atoms with Crippen LogP contribution >= 0.6 is 22.6 Å². The van der Waals surface area contributed by atoms with Gasteiger partial charge in [-0.3, -0.25) is 14.6 Å². The van der Waals surface area contributed by atoms with Crippen molar-refractivity contribution in [2.24, 2.45) is 10.3 Å². The minimum absolute atomic E-state index is 0.263. The van der Waals surface area contributed by atoms with Crippen LogP contribution in [-0.2, 0) is 9.53 Å². The van der Waals surface area contributed by atoms with Crippen LogP contribution in [0.5, 0.6) is 0 Å². The quantitative estimate of drug-likeness (QED) is 0.227. The van der Waals surface area contributed by atoms with E-state index in [1.165, 1.54) is 0 Å². The lowest BCUT2D eigenvalue weighted by molar-refractivity contribution is -0.141. The summed E-state index contributed by atoms with van der Waals surface area (Å²) in [6.07, 6.45) is 1.94. The van der Waals surface area contributed by atoms with E-state index in [4.69, 9.17) is 4.74 Å². The molecule has 0 amide bonds. The van der Waals surface area contributed by atoms with Gasteiger partial charge in [0, 0.05) is 22.2 Å². The van der Waals surface area contributed by atoms with Gasteiger partial charge in [-0.2, -0.15) is 0 Å². The molecule has 23 heavy (non-hydrogen) atoms. The second-order valence-electron chi connectivity index (χ2n) is 5.37. The Balaban J connectivity index is 2.26. The third kappa shape index (κ3) is 4.98. The van der Waals surface area contributed by atoms with Crippen molar-refractivity contribution in [3.63, 3.8) is 0 Å². The number of aryl methyl sites for hydroxylation is 1. The number of esters is 1. The SMILES string of the molecule is CCOC(=O)CC(=O)c1cc(I)cc(C)c1/N=N/N1CCCC1. The maximum absolute atomic E-state index is 12.4. The first-order chi connectivity index (χ1) is 11.0. The van der Waals surface area contributed by atoms with Gasteiger partial charge in [0.05, 0.1) is 6.61 Å². The molecule has 0 aromatic heterocycles. The van der Waals surface area contributed by atoms with Crippen molar-refractivity contribution in [1.29, 1.82) is 0 Å². The number of benzene rings is 1. The summed E-state index contributed by atoms with van der Waals surface area (Å²) in [4.78, 5) is 24.0. The number of halogens is 1. The van der Waals surface area contributed by atoms with Crippen LogP contribution in [0.3, 0.4) is 0 Å². The number of ketones is 1. The lowest BCUT2D eigenvalue weighted by Gasteiger charge is -2.11. The van der Waals surface area contributed by atoms with Crippen molar-refractivity contribution in [3.05, 3.63) is 26.8 Å². The van der Waals surface area contributed by atoms with Crippen molar-refractivity contribution >= 4 is 40.0 Å². The van der Waals surface area contributed by atoms with Crippen molar-refractivity contribution in [3.8, 4) is 0 Å². The Labute approximate surface area is 149 Å². The van der Waals surface area contributed by atoms with E-state index >= 15 is 0 Å². The highest BCUT2D eigenvalue weighted by atomic mass is 127. The Morgan fingerprint density at radius 1 is 1.30 bits per heavy atom. The maximum atomic E-state index is 12.4. The molecule has 2 rings (SSSR count). The Hall–Kier alpha value is -1.51. The molecule has 0 saturated carbocycles. The van der Waals surface area contributed by atoms with Crippen molar-refractivity contribution < 1.29 is 14.3 Å². The van der Waals surface area contributed by atoms with Gasteiger partial charge in [0.25, 0.3) is 0 Å². The highest BCUT2D eigenvalue weighted by Crippen LogP contribution is 2.29. The van der Waals surface area contributed by atoms with Crippen LogP contribution < -0.4 is 0 Å². The lowest BCUT2D eigenvalue weighted by Crippen LogP contribution is -2.12. The zero-order chi connectivity index (χ0) is 16.8. The van der Waals surface area contributed by atoms with E-state index in [2.05, 4.69) is 32.9 Å². The van der Waals surface area contributed by atoms with E-state index < -0.39 is 5.97 Å². The summed E-state index contributed by atoms with van der Waals surface area (Å²) < 4.78 is 5.78. The van der Waals surface area contributed by atoms with Gasteiger partial charge in [-0.1, -0.05) is 5.22 Å². The molecule has 124 valence electrons. The summed E-state index contributed by atoms with van der Waals surface area (Å²) in [5.41, 5.74) is 1.82. The summed E-state index contributed by atoms with van der Waals surface area (Å²) in [5.74, 6) is -0.808. The number of nitrogens with zero attached hydrogens (tertiary/aromatic N) is 3. The van der Waals surface area contributed by atoms with Gasteiger partial charge >= 0.3 is 5.97 Å². The predicted octanol–water partition coefficient (Wildman–Crippen LogP) is 3.83. The first-order valence-corrected chi connectivity index (χ1v) is 8.74. The molecule has 0 radical (unpaired) electrons. The van der Waals surface area contributed by atoms with Crippen LogP contribution in [-0.4, -0.2) is 36.5 Å². The fourth-order valence-corrected chi connectivity index (χ4v) is 3.20. The molecule has 1 aromatic carbocycles. The molecule has 0 unspecified atom stereocenters. The molecule has 1 fully saturated rings. The minimum atomic E-state index is -0.517. The smallest absolute Gasteiger partial charge is 0.313 e. The molecule has 0 bridgehead atoms. The van der Waals surface area contributed by atoms with Crippen LogP contribution in [0, 0.1) is 10.5 Å². The maximum Gasteiger partial charge on any atom is 0.313 e. The number of ether oxygens (including phenoxy) is 1. The lowest BCUT2D eigenvalue weighted by atomic mass is 10.0. The monoisotopic (exact) mass is 429 g/mol. The average molecular weight is 429 g/mol. The van der Waals surface area contributed by atoms with Crippen LogP contribution in [0.2, 0.25) is 0 Å². The first kappa shape index (κ1) is 17.8. The number of carbonyl (C=O) groups excluding carboxylic acids is 2. The Bertz CT molecular complexity index is 625. The molecule has 6 nitrogen and oxygen atoms in total. The summed E-state index contributed by atoms with van der Waals surface area (Å²) in [6.45, 7) is 5.65. The average Bonchev–Trinajstić information content (AvgIpc) is 2.99. The Morgan fingerprint density at radius 2 is 2.00 bits per heavy atom. The van der Waals surface area contributed by atoms with Crippen LogP contribution in [0.25, 0.3) is 0 Å². The topological polar surface area (TPSA) is 71.3 Å². The van der Waals surface area contributed by atoms with E-state index in [1.807, 2.05) is 18.0 Å². The molecule has 0 aliphatic carbocycles. The van der Waals surface area contributed by atoms with E-state index in [1.54, 1.807) is 13.0 Å². The molecule has 1 heterocycles. The minimum Gasteiger partial charge on any atom is -0.466 e. The van der Waals surface area contributed by atoms with Gasteiger partial charge < -0.3 is 4.74 Å².